The molecule has 0 bridgehead atoms. The lowest BCUT2D eigenvalue weighted by molar-refractivity contribution is -0.167. The van der Waals surface area contributed by atoms with Crippen LogP contribution in [0, 0.1) is 0 Å². The highest BCUT2D eigenvalue weighted by Gasteiger charge is 2.19. The molecule has 0 aromatic rings. The molecule has 0 spiro atoms. The monoisotopic (exact) mass is 663 g/mol. The van der Waals surface area contributed by atoms with E-state index in [4.69, 9.17) is 14.2 Å². The molecule has 0 heterocycles. The van der Waals surface area contributed by atoms with E-state index in [1.165, 1.54) is 89.9 Å². The van der Waals surface area contributed by atoms with Crippen molar-refractivity contribution in [3.8, 4) is 0 Å². The van der Waals surface area contributed by atoms with Crippen molar-refractivity contribution in [2.75, 3.05) is 13.2 Å². The third-order valence-corrected chi connectivity index (χ3v) is 8.46. The molecule has 6 nitrogen and oxygen atoms in total. The van der Waals surface area contributed by atoms with Crippen LogP contribution in [-0.2, 0) is 28.6 Å². The Morgan fingerprint density at radius 2 is 0.766 bits per heavy atom. The first-order valence-corrected chi connectivity index (χ1v) is 19.8. The Kier molecular flexibility index (Phi) is 35.1. The Balaban J connectivity index is 4.17. The Morgan fingerprint density at radius 1 is 0.426 bits per heavy atom. The smallest absolute Gasteiger partial charge is 0.306 e. The maximum absolute atomic E-state index is 12.5. The molecule has 0 saturated heterocycles. The molecule has 0 aliphatic rings. The summed E-state index contributed by atoms with van der Waals surface area (Å²) in [6, 6.07) is 0. The summed E-state index contributed by atoms with van der Waals surface area (Å²) in [5.41, 5.74) is 0. The van der Waals surface area contributed by atoms with Gasteiger partial charge in [-0.3, -0.25) is 14.4 Å². The van der Waals surface area contributed by atoms with Gasteiger partial charge in [0, 0.05) is 19.3 Å². The predicted octanol–water partition coefficient (Wildman–Crippen LogP) is 12.1. The van der Waals surface area contributed by atoms with Gasteiger partial charge in [-0.2, -0.15) is 0 Å². The molecule has 0 saturated carbocycles. The van der Waals surface area contributed by atoms with E-state index in [2.05, 4.69) is 45.1 Å². The number of hydrogen-bond donors (Lipinski definition) is 0. The molecule has 0 aliphatic carbocycles. The highest BCUT2D eigenvalue weighted by molar-refractivity contribution is 5.71. The third-order valence-electron chi connectivity index (χ3n) is 8.46. The Labute approximate surface area is 290 Å². The number of esters is 3. The standard InChI is InChI=1S/C41H74O6/c1-4-7-10-13-16-17-18-19-20-21-22-23-24-25-26-29-31-34-40(43)46-37-38(47-41(44)35-32-28-15-12-9-6-3)36-45-39(42)33-30-27-14-11-8-5-2/h16-17,19-20,38H,4-15,18,21-37H2,1-3H3/b17-16-,20-19-. The lowest BCUT2D eigenvalue weighted by Crippen LogP contribution is -2.30. The number of ether oxygens (including phenoxy) is 3. The van der Waals surface area contributed by atoms with Crippen molar-refractivity contribution in [2.24, 2.45) is 0 Å². The van der Waals surface area contributed by atoms with Gasteiger partial charge in [0.2, 0.25) is 0 Å². The first kappa shape index (κ1) is 44.9. The average molecular weight is 663 g/mol. The lowest BCUT2D eigenvalue weighted by Gasteiger charge is -2.18. The highest BCUT2D eigenvalue weighted by Crippen LogP contribution is 2.13. The SMILES string of the molecule is CCCCC/C=C\C/C=C\CCCCCCCCCC(=O)OCC(COC(=O)CCCCCCCC)OC(=O)CCCCCCCC. The molecule has 0 fully saturated rings. The average Bonchev–Trinajstić information content (AvgIpc) is 3.06. The van der Waals surface area contributed by atoms with Gasteiger partial charge in [0.05, 0.1) is 0 Å². The van der Waals surface area contributed by atoms with E-state index in [0.29, 0.717) is 19.3 Å². The number of carbonyl (C=O) groups is 3. The molecule has 274 valence electrons. The molecular weight excluding hydrogens is 588 g/mol. The van der Waals surface area contributed by atoms with Crippen molar-refractivity contribution in [3.05, 3.63) is 24.3 Å². The van der Waals surface area contributed by atoms with Gasteiger partial charge in [-0.05, 0) is 51.4 Å². The molecule has 1 unspecified atom stereocenters. The summed E-state index contributed by atoms with van der Waals surface area (Å²) in [5, 5.41) is 0. The molecule has 0 N–H and O–H groups in total. The topological polar surface area (TPSA) is 78.9 Å². The quantitative estimate of drug-likeness (QED) is 0.0291. The molecule has 0 aromatic carbocycles. The minimum absolute atomic E-state index is 0.0733. The number of allylic oxidation sites excluding steroid dienone is 4. The zero-order valence-electron chi connectivity index (χ0n) is 31.0. The van der Waals surface area contributed by atoms with Gasteiger partial charge in [0.25, 0.3) is 0 Å². The Hall–Kier alpha value is -2.11. The summed E-state index contributed by atoms with van der Waals surface area (Å²) < 4.78 is 16.5. The van der Waals surface area contributed by atoms with Crippen molar-refractivity contribution >= 4 is 17.9 Å². The second kappa shape index (κ2) is 36.7. The van der Waals surface area contributed by atoms with Crippen LogP contribution in [0.2, 0.25) is 0 Å². The number of carbonyl (C=O) groups excluding carboxylic acids is 3. The third kappa shape index (κ3) is 35.0. The van der Waals surface area contributed by atoms with Gasteiger partial charge in [-0.15, -0.1) is 0 Å². The molecule has 0 amide bonds. The van der Waals surface area contributed by atoms with E-state index in [9.17, 15) is 14.4 Å². The summed E-state index contributed by atoms with van der Waals surface area (Å²) >= 11 is 0. The van der Waals surface area contributed by atoms with Crippen molar-refractivity contribution < 1.29 is 28.6 Å². The lowest BCUT2D eigenvalue weighted by atomic mass is 10.1. The van der Waals surface area contributed by atoms with Crippen molar-refractivity contribution in [1.82, 2.24) is 0 Å². The van der Waals surface area contributed by atoms with Crippen LogP contribution >= 0.6 is 0 Å². The molecule has 47 heavy (non-hydrogen) atoms. The predicted molar refractivity (Wildman–Crippen MR) is 196 cm³/mol. The van der Waals surface area contributed by atoms with E-state index < -0.39 is 6.10 Å². The summed E-state index contributed by atoms with van der Waals surface area (Å²) in [4.78, 5) is 37.1. The van der Waals surface area contributed by atoms with Gasteiger partial charge >= 0.3 is 17.9 Å². The zero-order valence-corrected chi connectivity index (χ0v) is 31.0. The molecule has 0 rings (SSSR count). The van der Waals surface area contributed by atoms with Crippen molar-refractivity contribution in [2.45, 2.75) is 207 Å². The second-order valence-electron chi connectivity index (χ2n) is 13.2. The molecular formula is C41H74O6. The Bertz CT molecular complexity index is 774. The minimum Gasteiger partial charge on any atom is -0.462 e. The van der Waals surface area contributed by atoms with Crippen LogP contribution in [0.5, 0.6) is 0 Å². The normalized spacial score (nSPS) is 12.1. The van der Waals surface area contributed by atoms with Gasteiger partial charge in [0.15, 0.2) is 6.10 Å². The Morgan fingerprint density at radius 3 is 1.21 bits per heavy atom. The second-order valence-corrected chi connectivity index (χ2v) is 13.2. The van der Waals surface area contributed by atoms with Gasteiger partial charge in [0.1, 0.15) is 13.2 Å². The van der Waals surface area contributed by atoms with Gasteiger partial charge in [-0.25, -0.2) is 0 Å². The molecule has 6 heteroatoms. The maximum atomic E-state index is 12.5. The molecule has 0 aliphatic heterocycles. The van der Waals surface area contributed by atoms with E-state index in [1.54, 1.807) is 0 Å². The minimum atomic E-state index is -0.762. The first-order chi connectivity index (χ1) is 23.0. The van der Waals surface area contributed by atoms with Crippen LogP contribution in [0.15, 0.2) is 24.3 Å². The number of hydrogen-bond acceptors (Lipinski definition) is 6. The van der Waals surface area contributed by atoms with Crippen molar-refractivity contribution in [1.29, 1.82) is 0 Å². The van der Waals surface area contributed by atoms with E-state index in [0.717, 1.165) is 70.6 Å². The summed E-state index contributed by atoms with van der Waals surface area (Å²) in [6.07, 6.45) is 37.7. The van der Waals surface area contributed by atoms with Crippen LogP contribution in [0.4, 0.5) is 0 Å². The number of unbranched alkanes of at least 4 members (excludes halogenated alkanes) is 20. The zero-order chi connectivity index (χ0) is 34.5. The van der Waals surface area contributed by atoms with E-state index in [-0.39, 0.29) is 31.1 Å². The fourth-order valence-electron chi connectivity index (χ4n) is 5.41. The molecule has 0 aromatic heterocycles. The number of rotatable bonds is 35. The van der Waals surface area contributed by atoms with E-state index >= 15 is 0 Å². The van der Waals surface area contributed by atoms with Gasteiger partial charge in [-0.1, -0.05) is 154 Å². The fourth-order valence-corrected chi connectivity index (χ4v) is 5.41. The maximum Gasteiger partial charge on any atom is 0.306 e. The largest absolute Gasteiger partial charge is 0.462 e. The molecule has 1 atom stereocenters. The van der Waals surface area contributed by atoms with Crippen LogP contribution in [0.1, 0.15) is 201 Å². The fraction of sp³-hybridized carbons (Fsp3) is 0.829. The molecule has 0 radical (unpaired) electrons. The first-order valence-electron chi connectivity index (χ1n) is 19.8. The van der Waals surface area contributed by atoms with Gasteiger partial charge < -0.3 is 14.2 Å². The van der Waals surface area contributed by atoms with E-state index in [1.807, 2.05) is 0 Å². The van der Waals surface area contributed by atoms with Crippen molar-refractivity contribution in [3.63, 3.8) is 0 Å². The highest BCUT2D eigenvalue weighted by atomic mass is 16.6. The van der Waals surface area contributed by atoms with Crippen LogP contribution in [-0.4, -0.2) is 37.2 Å². The van der Waals surface area contributed by atoms with Crippen LogP contribution in [0.3, 0.4) is 0 Å². The van der Waals surface area contributed by atoms with Crippen LogP contribution in [0.25, 0.3) is 0 Å². The summed E-state index contributed by atoms with van der Waals surface area (Å²) in [7, 11) is 0. The summed E-state index contributed by atoms with van der Waals surface area (Å²) in [5.74, 6) is -0.904. The van der Waals surface area contributed by atoms with Crippen LogP contribution < -0.4 is 0 Å². The summed E-state index contributed by atoms with van der Waals surface area (Å²) in [6.45, 7) is 6.46.